The van der Waals surface area contributed by atoms with Gasteiger partial charge in [-0.15, -0.1) is 0 Å². The summed E-state index contributed by atoms with van der Waals surface area (Å²) in [5.41, 5.74) is 1.35. The molecule has 0 atom stereocenters. The number of hydrogen-bond acceptors (Lipinski definition) is 2. The van der Waals surface area contributed by atoms with E-state index < -0.39 is 0 Å². The first-order chi connectivity index (χ1) is 6.70. The second kappa shape index (κ2) is 6.28. The van der Waals surface area contributed by atoms with Crippen molar-refractivity contribution in [2.24, 2.45) is 0 Å². The first-order valence-corrected chi connectivity index (χ1v) is 4.81. The van der Waals surface area contributed by atoms with E-state index in [1.54, 1.807) is 26.2 Å². The number of rotatable bonds is 1. The standard InChI is InChI=1S/C9H8ClNO.C2H6/c1-6-7(5-11)3-4-8(12-2)9(6)10;1-2/h3-4H,1-2H3;1-2H3. The Labute approximate surface area is 90.1 Å². The Morgan fingerprint density at radius 1 is 1.36 bits per heavy atom. The van der Waals surface area contributed by atoms with Crippen LogP contribution in [-0.4, -0.2) is 7.11 Å². The molecule has 1 aromatic carbocycles. The molecule has 0 radical (unpaired) electrons. The maximum Gasteiger partial charge on any atom is 0.137 e. The summed E-state index contributed by atoms with van der Waals surface area (Å²) in [4.78, 5) is 0. The number of nitriles is 1. The maximum atomic E-state index is 8.66. The molecule has 0 saturated carbocycles. The van der Waals surface area contributed by atoms with E-state index in [2.05, 4.69) is 0 Å². The van der Waals surface area contributed by atoms with Crippen LogP contribution in [0.15, 0.2) is 12.1 Å². The first kappa shape index (κ1) is 12.8. The van der Waals surface area contributed by atoms with Crippen molar-refractivity contribution in [3.05, 3.63) is 28.3 Å². The SMILES string of the molecule is CC.COc1ccc(C#N)c(C)c1Cl. The number of methoxy groups -OCH3 is 1. The third kappa shape index (κ3) is 2.65. The molecule has 0 N–H and O–H groups in total. The molecule has 0 fully saturated rings. The summed E-state index contributed by atoms with van der Waals surface area (Å²) in [5, 5.41) is 9.17. The van der Waals surface area contributed by atoms with Gasteiger partial charge in [-0.25, -0.2) is 0 Å². The first-order valence-electron chi connectivity index (χ1n) is 4.44. The monoisotopic (exact) mass is 211 g/mol. The molecule has 76 valence electrons. The number of benzene rings is 1. The Morgan fingerprint density at radius 2 is 1.93 bits per heavy atom. The molecular weight excluding hydrogens is 198 g/mol. The van der Waals surface area contributed by atoms with E-state index in [1.807, 2.05) is 19.9 Å². The van der Waals surface area contributed by atoms with Crippen molar-refractivity contribution in [1.29, 1.82) is 5.26 Å². The summed E-state index contributed by atoms with van der Waals surface area (Å²) < 4.78 is 4.98. The van der Waals surface area contributed by atoms with Gasteiger partial charge in [0, 0.05) is 0 Å². The number of halogens is 1. The molecule has 0 aromatic heterocycles. The molecule has 0 spiro atoms. The minimum absolute atomic E-state index is 0.511. The maximum absolute atomic E-state index is 8.66. The average Bonchev–Trinajstić information content (AvgIpc) is 2.25. The average molecular weight is 212 g/mol. The molecule has 0 aliphatic heterocycles. The summed E-state index contributed by atoms with van der Waals surface area (Å²) in [7, 11) is 1.55. The molecule has 0 unspecified atom stereocenters. The van der Waals surface area contributed by atoms with Gasteiger partial charge in [-0.05, 0) is 24.6 Å². The van der Waals surface area contributed by atoms with Crippen molar-refractivity contribution in [2.45, 2.75) is 20.8 Å². The molecule has 1 rings (SSSR count). The third-order valence-electron chi connectivity index (χ3n) is 1.69. The van der Waals surface area contributed by atoms with Gasteiger partial charge in [0.2, 0.25) is 0 Å². The minimum Gasteiger partial charge on any atom is -0.495 e. The van der Waals surface area contributed by atoms with E-state index in [-0.39, 0.29) is 0 Å². The van der Waals surface area contributed by atoms with Crippen LogP contribution in [0.2, 0.25) is 5.02 Å². The third-order valence-corrected chi connectivity index (χ3v) is 2.16. The second-order valence-electron chi connectivity index (χ2n) is 2.37. The topological polar surface area (TPSA) is 33.0 Å². The van der Waals surface area contributed by atoms with Gasteiger partial charge in [0.1, 0.15) is 5.75 Å². The van der Waals surface area contributed by atoms with Crippen molar-refractivity contribution in [2.75, 3.05) is 7.11 Å². The van der Waals surface area contributed by atoms with Gasteiger partial charge in [-0.2, -0.15) is 5.26 Å². The minimum atomic E-state index is 0.511. The summed E-state index contributed by atoms with van der Waals surface area (Å²) in [6, 6.07) is 5.43. The number of hydrogen-bond donors (Lipinski definition) is 0. The summed E-state index contributed by atoms with van der Waals surface area (Å²) in [6.07, 6.45) is 0. The van der Waals surface area contributed by atoms with Crippen LogP contribution in [0, 0.1) is 18.3 Å². The van der Waals surface area contributed by atoms with Gasteiger partial charge in [0.15, 0.2) is 0 Å². The lowest BCUT2D eigenvalue weighted by molar-refractivity contribution is 0.414. The molecule has 0 bridgehead atoms. The summed E-state index contributed by atoms with van der Waals surface area (Å²) >= 11 is 5.90. The molecule has 0 saturated heterocycles. The van der Waals surface area contributed by atoms with Gasteiger partial charge >= 0.3 is 0 Å². The smallest absolute Gasteiger partial charge is 0.137 e. The highest BCUT2D eigenvalue weighted by molar-refractivity contribution is 6.33. The van der Waals surface area contributed by atoms with Crippen LogP contribution in [-0.2, 0) is 0 Å². The Morgan fingerprint density at radius 3 is 2.36 bits per heavy atom. The van der Waals surface area contributed by atoms with Crippen molar-refractivity contribution in [3.63, 3.8) is 0 Å². The van der Waals surface area contributed by atoms with Crippen LogP contribution >= 0.6 is 11.6 Å². The van der Waals surface area contributed by atoms with Crippen LogP contribution in [0.1, 0.15) is 25.0 Å². The van der Waals surface area contributed by atoms with Gasteiger partial charge < -0.3 is 4.74 Å². The van der Waals surface area contributed by atoms with Crippen LogP contribution in [0.4, 0.5) is 0 Å². The highest BCUT2D eigenvalue weighted by Crippen LogP contribution is 2.29. The van der Waals surface area contributed by atoms with E-state index in [4.69, 9.17) is 21.6 Å². The molecule has 2 nitrogen and oxygen atoms in total. The van der Waals surface area contributed by atoms with Gasteiger partial charge in [-0.3, -0.25) is 0 Å². The van der Waals surface area contributed by atoms with Crippen molar-refractivity contribution in [3.8, 4) is 11.8 Å². The van der Waals surface area contributed by atoms with E-state index >= 15 is 0 Å². The van der Waals surface area contributed by atoms with E-state index in [0.29, 0.717) is 16.3 Å². The Kier molecular flexibility index (Phi) is 5.74. The zero-order chi connectivity index (χ0) is 11.1. The van der Waals surface area contributed by atoms with Gasteiger partial charge in [0.25, 0.3) is 0 Å². The highest BCUT2D eigenvalue weighted by atomic mass is 35.5. The molecule has 3 heteroatoms. The highest BCUT2D eigenvalue weighted by Gasteiger charge is 2.06. The quantitative estimate of drug-likeness (QED) is 0.712. The lowest BCUT2D eigenvalue weighted by Crippen LogP contribution is -1.89. The fourth-order valence-corrected chi connectivity index (χ4v) is 1.18. The summed E-state index contributed by atoms with van der Waals surface area (Å²) in [6.45, 7) is 5.80. The lowest BCUT2D eigenvalue weighted by Gasteiger charge is -2.05. The molecular formula is C11H14ClNO. The number of nitrogens with zero attached hydrogens (tertiary/aromatic N) is 1. The second-order valence-corrected chi connectivity index (χ2v) is 2.74. The molecule has 0 heterocycles. The van der Waals surface area contributed by atoms with Crippen molar-refractivity contribution < 1.29 is 4.74 Å². The Hall–Kier alpha value is -1.20. The fourth-order valence-electron chi connectivity index (χ4n) is 0.939. The zero-order valence-electron chi connectivity index (χ0n) is 8.89. The Balaban J connectivity index is 0.000000791. The Bertz CT molecular complexity index is 342. The molecule has 1 aromatic rings. The molecule has 0 aliphatic carbocycles. The van der Waals surface area contributed by atoms with Crippen LogP contribution in [0.25, 0.3) is 0 Å². The van der Waals surface area contributed by atoms with E-state index in [9.17, 15) is 0 Å². The molecule has 0 aliphatic rings. The van der Waals surface area contributed by atoms with E-state index in [1.165, 1.54) is 0 Å². The lowest BCUT2D eigenvalue weighted by atomic mass is 10.1. The molecule has 0 amide bonds. The summed E-state index contributed by atoms with van der Waals surface area (Å²) in [5.74, 6) is 0.605. The normalized spacial score (nSPS) is 8.29. The predicted molar refractivity (Wildman–Crippen MR) is 58.8 cm³/mol. The fraction of sp³-hybridized carbons (Fsp3) is 0.364. The van der Waals surface area contributed by atoms with Gasteiger partial charge in [0.05, 0.1) is 23.8 Å². The van der Waals surface area contributed by atoms with Gasteiger partial charge in [-0.1, -0.05) is 25.4 Å². The van der Waals surface area contributed by atoms with Crippen LogP contribution in [0.5, 0.6) is 5.75 Å². The zero-order valence-corrected chi connectivity index (χ0v) is 9.64. The van der Waals surface area contributed by atoms with Crippen LogP contribution in [0.3, 0.4) is 0 Å². The number of ether oxygens (including phenoxy) is 1. The molecule has 14 heavy (non-hydrogen) atoms. The largest absolute Gasteiger partial charge is 0.495 e. The predicted octanol–water partition coefficient (Wildman–Crippen LogP) is 3.55. The van der Waals surface area contributed by atoms with Crippen LogP contribution < -0.4 is 4.74 Å². The van der Waals surface area contributed by atoms with Crippen molar-refractivity contribution >= 4 is 11.6 Å². The van der Waals surface area contributed by atoms with E-state index in [0.717, 1.165) is 5.56 Å². The van der Waals surface area contributed by atoms with Crippen molar-refractivity contribution in [1.82, 2.24) is 0 Å².